The van der Waals surface area contributed by atoms with Crippen LogP contribution >= 0.6 is 34.2 Å². The molecule has 1 aliphatic heterocycles. The standard InChI is InChI=1S/C14H18ClIN2O3/c1-13(2,3)21-12(19)18-14(4)5-6-20-10-8(14)7-9(16)17-11(10)15/h7H,5-6H2,1-4H3,(H,18,19)/t14-/m0/s1. The largest absolute Gasteiger partial charge is 0.490 e. The predicted octanol–water partition coefficient (Wildman–Crippen LogP) is 3.86. The van der Waals surface area contributed by atoms with Crippen LogP contribution in [0, 0.1) is 3.70 Å². The van der Waals surface area contributed by atoms with E-state index in [9.17, 15) is 4.79 Å². The zero-order chi connectivity index (χ0) is 15.8. The first kappa shape index (κ1) is 16.6. The quantitative estimate of drug-likeness (QED) is 0.549. The molecule has 1 aliphatic rings. The number of halogens is 2. The summed E-state index contributed by atoms with van der Waals surface area (Å²) in [6.45, 7) is 7.88. The minimum absolute atomic E-state index is 0.314. The number of aromatic nitrogens is 1. The Morgan fingerprint density at radius 3 is 2.86 bits per heavy atom. The van der Waals surface area contributed by atoms with Crippen LogP contribution in [0.5, 0.6) is 5.75 Å². The molecule has 0 radical (unpaired) electrons. The molecule has 1 atom stereocenters. The van der Waals surface area contributed by atoms with E-state index in [-0.39, 0.29) is 0 Å². The number of nitrogens with zero attached hydrogens (tertiary/aromatic N) is 1. The van der Waals surface area contributed by atoms with Crippen molar-refractivity contribution in [2.45, 2.75) is 45.3 Å². The lowest BCUT2D eigenvalue weighted by atomic mass is 9.87. The number of carbonyl (C=O) groups excluding carboxylic acids is 1. The van der Waals surface area contributed by atoms with Crippen LogP contribution in [0.3, 0.4) is 0 Å². The molecule has 0 aliphatic carbocycles. The molecule has 116 valence electrons. The number of nitrogens with one attached hydrogen (secondary N) is 1. The number of carbonyl (C=O) groups is 1. The third-order valence-corrected chi connectivity index (χ3v) is 3.93. The number of amides is 1. The van der Waals surface area contributed by atoms with Gasteiger partial charge in [0.1, 0.15) is 9.30 Å². The molecule has 1 aromatic rings. The highest BCUT2D eigenvalue weighted by Gasteiger charge is 2.37. The van der Waals surface area contributed by atoms with Crippen LogP contribution in [0.25, 0.3) is 0 Å². The van der Waals surface area contributed by atoms with Crippen molar-refractivity contribution < 1.29 is 14.3 Å². The van der Waals surface area contributed by atoms with Crippen molar-refractivity contribution in [2.24, 2.45) is 0 Å². The Kier molecular flexibility index (Phi) is 4.58. The smallest absolute Gasteiger partial charge is 0.408 e. The molecule has 0 aromatic carbocycles. The molecule has 21 heavy (non-hydrogen) atoms. The van der Waals surface area contributed by atoms with Gasteiger partial charge < -0.3 is 14.8 Å². The van der Waals surface area contributed by atoms with E-state index in [1.165, 1.54) is 0 Å². The maximum absolute atomic E-state index is 12.1. The molecule has 0 saturated heterocycles. The molecule has 5 nitrogen and oxygen atoms in total. The fourth-order valence-corrected chi connectivity index (χ4v) is 3.11. The van der Waals surface area contributed by atoms with Gasteiger partial charge in [-0.05, 0) is 56.4 Å². The van der Waals surface area contributed by atoms with Gasteiger partial charge in [0.15, 0.2) is 10.9 Å². The summed E-state index contributed by atoms with van der Waals surface area (Å²) < 4.78 is 11.7. The maximum Gasteiger partial charge on any atom is 0.408 e. The molecule has 2 heterocycles. The SMILES string of the molecule is CC(C)(C)OC(=O)N[C@@]1(C)CCOc2c1cc(I)nc2Cl. The van der Waals surface area contributed by atoms with E-state index in [1.807, 2.05) is 33.8 Å². The average molecular weight is 425 g/mol. The highest BCUT2D eigenvalue weighted by molar-refractivity contribution is 14.1. The van der Waals surface area contributed by atoms with Crippen molar-refractivity contribution in [1.82, 2.24) is 10.3 Å². The normalized spacial score (nSPS) is 21.2. The summed E-state index contributed by atoms with van der Waals surface area (Å²) >= 11 is 8.22. The lowest BCUT2D eigenvalue weighted by Crippen LogP contribution is -2.48. The first-order valence-electron chi connectivity index (χ1n) is 6.61. The van der Waals surface area contributed by atoms with E-state index in [2.05, 4.69) is 32.9 Å². The lowest BCUT2D eigenvalue weighted by Gasteiger charge is -2.37. The number of hydrogen-bond donors (Lipinski definition) is 1. The Hall–Kier alpha value is -0.760. The molecule has 0 saturated carbocycles. The van der Waals surface area contributed by atoms with Crippen LogP contribution in [0.15, 0.2) is 6.07 Å². The van der Waals surface area contributed by atoms with Gasteiger partial charge in [0.25, 0.3) is 0 Å². The topological polar surface area (TPSA) is 60.5 Å². The molecular formula is C14H18ClIN2O3. The van der Waals surface area contributed by atoms with Gasteiger partial charge >= 0.3 is 6.09 Å². The van der Waals surface area contributed by atoms with E-state index in [0.29, 0.717) is 23.9 Å². The molecule has 1 amide bonds. The van der Waals surface area contributed by atoms with Crippen molar-refractivity contribution in [1.29, 1.82) is 0 Å². The maximum atomic E-state index is 12.1. The fourth-order valence-electron chi connectivity index (χ4n) is 2.17. The monoisotopic (exact) mass is 424 g/mol. The van der Waals surface area contributed by atoms with Gasteiger partial charge in [-0.3, -0.25) is 0 Å². The molecule has 1 N–H and O–H groups in total. The van der Waals surface area contributed by atoms with E-state index < -0.39 is 17.2 Å². The van der Waals surface area contributed by atoms with Crippen molar-refractivity contribution in [3.63, 3.8) is 0 Å². The highest BCUT2D eigenvalue weighted by atomic mass is 127. The first-order chi connectivity index (χ1) is 9.61. The zero-order valence-electron chi connectivity index (χ0n) is 12.4. The Morgan fingerprint density at radius 1 is 1.57 bits per heavy atom. The summed E-state index contributed by atoms with van der Waals surface area (Å²) in [4.78, 5) is 16.3. The van der Waals surface area contributed by atoms with Gasteiger partial charge in [-0.1, -0.05) is 11.6 Å². The Morgan fingerprint density at radius 2 is 2.24 bits per heavy atom. The molecular weight excluding hydrogens is 407 g/mol. The third kappa shape index (κ3) is 3.91. The summed E-state index contributed by atoms with van der Waals surface area (Å²) in [6, 6.07) is 1.87. The van der Waals surface area contributed by atoms with Gasteiger partial charge in [-0.2, -0.15) is 0 Å². The number of rotatable bonds is 1. The Labute approximate surface area is 142 Å². The van der Waals surface area contributed by atoms with Crippen LogP contribution in [-0.2, 0) is 10.3 Å². The zero-order valence-corrected chi connectivity index (χ0v) is 15.3. The van der Waals surface area contributed by atoms with Gasteiger partial charge in [0.2, 0.25) is 0 Å². The number of hydrogen-bond acceptors (Lipinski definition) is 4. The molecule has 0 fully saturated rings. The first-order valence-corrected chi connectivity index (χ1v) is 8.07. The summed E-state index contributed by atoms with van der Waals surface area (Å²) in [7, 11) is 0. The summed E-state index contributed by atoms with van der Waals surface area (Å²) in [5, 5.41) is 3.25. The lowest BCUT2D eigenvalue weighted by molar-refractivity contribution is 0.0432. The summed E-state index contributed by atoms with van der Waals surface area (Å²) in [5.74, 6) is 0.530. The molecule has 1 aromatic heterocycles. The number of fused-ring (bicyclic) bond motifs is 1. The van der Waals surface area contributed by atoms with Gasteiger partial charge in [-0.15, -0.1) is 0 Å². The van der Waals surface area contributed by atoms with E-state index in [0.717, 1.165) is 9.26 Å². The molecule has 0 bridgehead atoms. The molecule has 0 unspecified atom stereocenters. The van der Waals surface area contributed by atoms with E-state index in [4.69, 9.17) is 21.1 Å². The minimum atomic E-state index is -0.595. The van der Waals surface area contributed by atoms with Crippen molar-refractivity contribution in [3.05, 3.63) is 20.5 Å². The van der Waals surface area contributed by atoms with Gasteiger partial charge in [0.05, 0.1) is 12.1 Å². The second-order valence-electron chi connectivity index (χ2n) is 6.17. The van der Waals surface area contributed by atoms with Gasteiger partial charge in [0, 0.05) is 12.0 Å². The van der Waals surface area contributed by atoms with Crippen LogP contribution in [0.1, 0.15) is 39.7 Å². The number of ether oxygens (including phenoxy) is 2. The van der Waals surface area contributed by atoms with E-state index in [1.54, 1.807) is 0 Å². The second kappa shape index (κ2) is 5.79. The second-order valence-corrected chi connectivity index (χ2v) is 7.63. The minimum Gasteiger partial charge on any atom is -0.490 e. The van der Waals surface area contributed by atoms with E-state index >= 15 is 0 Å². The fraction of sp³-hybridized carbons (Fsp3) is 0.571. The molecule has 0 spiro atoms. The van der Waals surface area contributed by atoms with Crippen molar-refractivity contribution >= 4 is 40.3 Å². The molecule has 7 heteroatoms. The van der Waals surface area contributed by atoms with Crippen molar-refractivity contribution in [3.8, 4) is 5.75 Å². The summed E-state index contributed by atoms with van der Waals surface area (Å²) in [6.07, 6.45) is 0.177. The number of pyridine rings is 1. The highest BCUT2D eigenvalue weighted by Crippen LogP contribution is 2.41. The third-order valence-electron chi connectivity index (χ3n) is 3.12. The van der Waals surface area contributed by atoms with Crippen LogP contribution in [-0.4, -0.2) is 23.3 Å². The average Bonchev–Trinajstić information content (AvgIpc) is 2.27. The Bertz CT molecular complexity index is 574. The predicted molar refractivity (Wildman–Crippen MR) is 88.8 cm³/mol. The number of alkyl carbamates (subject to hydrolysis) is 1. The Balaban J connectivity index is 2.31. The van der Waals surface area contributed by atoms with Gasteiger partial charge in [-0.25, -0.2) is 9.78 Å². The summed E-state index contributed by atoms with van der Waals surface area (Å²) in [5.41, 5.74) is -0.315. The van der Waals surface area contributed by atoms with Crippen LogP contribution in [0.2, 0.25) is 5.15 Å². The van der Waals surface area contributed by atoms with Crippen molar-refractivity contribution in [2.75, 3.05) is 6.61 Å². The van der Waals surface area contributed by atoms with Crippen LogP contribution in [0.4, 0.5) is 4.79 Å². The molecule has 2 rings (SSSR count). The van der Waals surface area contributed by atoms with Crippen LogP contribution < -0.4 is 10.1 Å².